The van der Waals surface area contributed by atoms with E-state index in [2.05, 4.69) is 15.3 Å². The van der Waals surface area contributed by atoms with Crippen LogP contribution in [0.3, 0.4) is 0 Å². The van der Waals surface area contributed by atoms with Crippen LogP contribution >= 0.6 is 0 Å². The molecule has 0 aromatic heterocycles. The number of ether oxygens (including phenoxy) is 1. The number of aliphatic imine (C=N–C) groups is 2. The lowest BCUT2D eigenvalue weighted by atomic mass is 10.0. The van der Waals surface area contributed by atoms with E-state index in [0.29, 0.717) is 25.5 Å². The SMILES string of the molecule is CN=CC(=CN)c1ccc(N=C(N)C2=C(NC3CCOC3)CCN(C(C)=O)C2)cc1. The van der Waals surface area contributed by atoms with Gasteiger partial charge in [0, 0.05) is 62.8 Å². The van der Waals surface area contributed by atoms with Crippen LogP contribution < -0.4 is 16.8 Å². The molecule has 1 atom stereocenters. The van der Waals surface area contributed by atoms with E-state index in [0.717, 1.165) is 47.5 Å². The maximum Gasteiger partial charge on any atom is 0.219 e. The van der Waals surface area contributed by atoms with Gasteiger partial charge in [0.2, 0.25) is 5.91 Å². The van der Waals surface area contributed by atoms with E-state index in [1.807, 2.05) is 24.3 Å². The van der Waals surface area contributed by atoms with Crippen LogP contribution in [0.5, 0.6) is 0 Å². The van der Waals surface area contributed by atoms with Crippen LogP contribution in [0.2, 0.25) is 0 Å². The highest BCUT2D eigenvalue weighted by Gasteiger charge is 2.25. The molecular formula is C22H30N6O2. The summed E-state index contributed by atoms with van der Waals surface area (Å²) in [6, 6.07) is 7.91. The first-order chi connectivity index (χ1) is 14.5. The zero-order chi connectivity index (χ0) is 21.5. The molecular weight excluding hydrogens is 380 g/mol. The predicted octanol–water partition coefficient (Wildman–Crippen LogP) is 1.56. The Morgan fingerprint density at radius 2 is 2.10 bits per heavy atom. The molecule has 5 N–H and O–H groups in total. The van der Waals surface area contributed by atoms with Crippen molar-refractivity contribution in [1.82, 2.24) is 10.2 Å². The first kappa shape index (κ1) is 21.6. The number of amidine groups is 1. The lowest BCUT2D eigenvalue weighted by molar-refractivity contribution is -0.128. The van der Waals surface area contributed by atoms with Crippen LogP contribution in [-0.4, -0.2) is 62.3 Å². The number of hydrogen-bond donors (Lipinski definition) is 3. The van der Waals surface area contributed by atoms with Gasteiger partial charge in [0.25, 0.3) is 0 Å². The maximum atomic E-state index is 11.9. The first-order valence-corrected chi connectivity index (χ1v) is 10.1. The summed E-state index contributed by atoms with van der Waals surface area (Å²) in [5.41, 5.74) is 16.5. The van der Waals surface area contributed by atoms with E-state index >= 15 is 0 Å². The molecule has 1 aromatic rings. The quantitative estimate of drug-likeness (QED) is 0.486. The maximum absolute atomic E-state index is 11.9. The van der Waals surface area contributed by atoms with E-state index in [1.165, 1.54) is 6.20 Å². The van der Waals surface area contributed by atoms with Crippen LogP contribution in [0.4, 0.5) is 5.69 Å². The van der Waals surface area contributed by atoms with E-state index in [9.17, 15) is 4.79 Å². The van der Waals surface area contributed by atoms with Crippen molar-refractivity contribution in [3.8, 4) is 0 Å². The molecule has 2 heterocycles. The Morgan fingerprint density at radius 1 is 1.33 bits per heavy atom. The molecule has 3 rings (SSSR count). The van der Waals surface area contributed by atoms with E-state index < -0.39 is 0 Å². The molecule has 0 saturated carbocycles. The molecule has 8 nitrogen and oxygen atoms in total. The summed E-state index contributed by atoms with van der Waals surface area (Å²) in [4.78, 5) is 22.3. The smallest absolute Gasteiger partial charge is 0.219 e. The Morgan fingerprint density at radius 3 is 2.70 bits per heavy atom. The van der Waals surface area contributed by atoms with Gasteiger partial charge in [-0.25, -0.2) is 4.99 Å². The molecule has 1 saturated heterocycles. The summed E-state index contributed by atoms with van der Waals surface area (Å²) in [6.07, 6.45) is 4.92. The number of rotatable bonds is 6. The summed E-state index contributed by atoms with van der Waals surface area (Å²) >= 11 is 0. The number of amides is 1. The van der Waals surface area contributed by atoms with Gasteiger partial charge in [-0.2, -0.15) is 0 Å². The molecule has 2 aliphatic rings. The Bertz CT molecular complexity index is 879. The third-order valence-corrected chi connectivity index (χ3v) is 5.31. The number of nitrogens with two attached hydrogens (primary N) is 2. The number of carbonyl (C=O) groups excluding carboxylic acids is 1. The second-order valence-electron chi connectivity index (χ2n) is 7.41. The van der Waals surface area contributed by atoms with Crippen molar-refractivity contribution in [2.45, 2.75) is 25.8 Å². The van der Waals surface area contributed by atoms with Crippen LogP contribution in [0, 0.1) is 0 Å². The number of carbonyl (C=O) groups is 1. The van der Waals surface area contributed by atoms with Crippen LogP contribution in [0.25, 0.3) is 5.57 Å². The minimum atomic E-state index is 0.0339. The van der Waals surface area contributed by atoms with Crippen LogP contribution in [0.15, 0.2) is 51.7 Å². The Balaban J connectivity index is 1.85. The van der Waals surface area contributed by atoms with Crippen LogP contribution in [0.1, 0.15) is 25.3 Å². The van der Waals surface area contributed by atoms with Crippen molar-refractivity contribution >= 4 is 29.2 Å². The van der Waals surface area contributed by atoms with Gasteiger partial charge in [0.05, 0.1) is 24.9 Å². The van der Waals surface area contributed by atoms with Crippen LogP contribution in [-0.2, 0) is 9.53 Å². The van der Waals surface area contributed by atoms with Crippen molar-refractivity contribution in [2.24, 2.45) is 21.5 Å². The van der Waals surface area contributed by atoms with Crippen molar-refractivity contribution in [3.63, 3.8) is 0 Å². The molecule has 0 aliphatic carbocycles. The summed E-state index contributed by atoms with van der Waals surface area (Å²) in [6.45, 7) is 4.15. The zero-order valence-corrected chi connectivity index (χ0v) is 17.6. The van der Waals surface area contributed by atoms with E-state index in [-0.39, 0.29) is 11.9 Å². The van der Waals surface area contributed by atoms with Gasteiger partial charge in [0.15, 0.2) is 0 Å². The van der Waals surface area contributed by atoms with Gasteiger partial charge < -0.3 is 26.4 Å². The standard InChI is InChI=1S/C22H30N6O2/c1-15(29)28-9-7-21(26-19-8-10-30-14-19)20(13-28)22(24)27-18-5-3-16(4-6-18)17(11-23)12-25-2/h3-6,11-12,19,26H,7-10,13-14,23H2,1-2H3,(H2,24,27). The average molecular weight is 411 g/mol. The minimum absolute atomic E-state index is 0.0339. The molecule has 1 aromatic carbocycles. The van der Waals surface area contributed by atoms with Gasteiger partial charge in [-0.05, 0) is 24.1 Å². The number of benzene rings is 1. The number of nitrogens with zero attached hydrogens (tertiary/aromatic N) is 3. The molecule has 160 valence electrons. The Hall–Kier alpha value is -3.13. The van der Waals surface area contributed by atoms with E-state index in [4.69, 9.17) is 16.2 Å². The molecule has 1 fully saturated rings. The highest BCUT2D eigenvalue weighted by atomic mass is 16.5. The fraction of sp³-hybridized carbons (Fsp3) is 0.409. The van der Waals surface area contributed by atoms with Gasteiger partial charge in [-0.3, -0.25) is 9.79 Å². The largest absolute Gasteiger partial charge is 0.404 e. The van der Waals surface area contributed by atoms with Crippen molar-refractivity contribution in [3.05, 3.63) is 47.3 Å². The topological polar surface area (TPSA) is 118 Å². The van der Waals surface area contributed by atoms with E-state index in [1.54, 1.807) is 25.1 Å². The lowest BCUT2D eigenvalue weighted by Crippen LogP contribution is -2.43. The lowest BCUT2D eigenvalue weighted by Gasteiger charge is -2.31. The normalized spacial score (nSPS) is 20.9. The number of allylic oxidation sites excluding steroid dienone is 1. The van der Waals surface area contributed by atoms with Crippen molar-refractivity contribution in [1.29, 1.82) is 0 Å². The Labute approximate surface area is 177 Å². The first-order valence-electron chi connectivity index (χ1n) is 10.1. The molecule has 0 spiro atoms. The fourth-order valence-electron chi connectivity index (χ4n) is 3.61. The van der Waals surface area contributed by atoms with Crippen molar-refractivity contribution in [2.75, 3.05) is 33.4 Å². The molecule has 2 aliphatic heterocycles. The minimum Gasteiger partial charge on any atom is -0.404 e. The van der Waals surface area contributed by atoms with Gasteiger partial charge in [0.1, 0.15) is 5.84 Å². The average Bonchev–Trinajstić information content (AvgIpc) is 3.26. The molecule has 1 amide bonds. The summed E-state index contributed by atoms with van der Waals surface area (Å²) in [5.74, 6) is 0.450. The summed E-state index contributed by atoms with van der Waals surface area (Å²) in [7, 11) is 1.70. The second kappa shape index (κ2) is 10.1. The van der Waals surface area contributed by atoms with Gasteiger partial charge in [-0.15, -0.1) is 0 Å². The summed E-state index contributed by atoms with van der Waals surface area (Å²) in [5, 5.41) is 3.56. The monoisotopic (exact) mass is 410 g/mol. The molecule has 0 bridgehead atoms. The van der Waals surface area contributed by atoms with Gasteiger partial charge >= 0.3 is 0 Å². The number of hydrogen-bond acceptors (Lipinski definition) is 6. The Kier molecular flexibility index (Phi) is 7.24. The third kappa shape index (κ3) is 5.27. The molecule has 8 heteroatoms. The molecule has 1 unspecified atom stereocenters. The third-order valence-electron chi connectivity index (χ3n) is 5.31. The highest BCUT2D eigenvalue weighted by molar-refractivity contribution is 6.09. The second-order valence-corrected chi connectivity index (χ2v) is 7.41. The van der Waals surface area contributed by atoms with Gasteiger partial charge in [-0.1, -0.05) is 12.1 Å². The summed E-state index contributed by atoms with van der Waals surface area (Å²) < 4.78 is 5.47. The zero-order valence-electron chi connectivity index (χ0n) is 17.6. The highest BCUT2D eigenvalue weighted by Crippen LogP contribution is 2.22. The molecule has 30 heavy (non-hydrogen) atoms. The van der Waals surface area contributed by atoms with Crippen molar-refractivity contribution < 1.29 is 9.53 Å². The molecule has 0 radical (unpaired) electrons. The predicted molar refractivity (Wildman–Crippen MR) is 121 cm³/mol. The fourth-order valence-corrected chi connectivity index (χ4v) is 3.61. The number of nitrogens with one attached hydrogen (secondary N) is 1.